The summed E-state index contributed by atoms with van der Waals surface area (Å²) in [7, 11) is -1.20. The number of thiazole rings is 1. The quantitative estimate of drug-likeness (QED) is 0.745. The fraction of sp³-hybridized carbons (Fsp3) is 0.0714. The van der Waals surface area contributed by atoms with Crippen LogP contribution in [-0.2, 0) is 16.6 Å². The Morgan fingerprint density at radius 2 is 2.05 bits per heavy atom. The Balaban J connectivity index is 1.91. The van der Waals surface area contributed by atoms with E-state index in [2.05, 4.69) is 4.98 Å². The van der Waals surface area contributed by atoms with Crippen LogP contribution in [0.2, 0.25) is 5.02 Å². The molecule has 0 saturated heterocycles. The number of hydrogen-bond donors (Lipinski definition) is 1. The predicted octanol–water partition coefficient (Wildman–Crippen LogP) is 3.84. The van der Waals surface area contributed by atoms with E-state index in [0.717, 1.165) is 15.8 Å². The van der Waals surface area contributed by atoms with Gasteiger partial charge in [-0.2, -0.15) is 0 Å². The van der Waals surface area contributed by atoms with Gasteiger partial charge in [0.1, 0.15) is 0 Å². The molecule has 20 heavy (non-hydrogen) atoms. The van der Waals surface area contributed by atoms with Gasteiger partial charge in [0.25, 0.3) is 0 Å². The number of rotatable bonds is 3. The normalized spacial score (nSPS) is 12.7. The molecule has 0 aliphatic heterocycles. The molecule has 6 heteroatoms. The summed E-state index contributed by atoms with van der Waals surface area (Å²) in [6.45, 7) is 0. The average molecular weight is 323 g/mol. The number of hydrogen-bond acceptors (Lipinski definition) is 4. The molecule has 1 unspecified atom stereocenters. The highest BCUT2D eigenvalue weighted by atomic mass is 35.5. The molecule has 3 nitrogen and oxygen atoms in total. The molecule has 3 rings (SSSR count). The highest BCUT2D eigenvalue weighted by Gasteiger charge is 2.13. The van der Waals surface area contributed by atoms with Gasteiger partial charge in [-0.05, 0) is 29.8 Å². The van der Waals surface area contributed by atoms with Crippen LogP contribution in [0.4, 0.5) is 5.69 Å². The maximum absolute atomic E-state index is 12.4. The lowest BCUT2D eigenvalue weighted by molar-refractivity contribution is 0.682. The number of fused-ring (bicyclic) bond motifs is 1. The second-order valence-corrected chi connectivity index (χ2v) is 7.35. The third kappa shape index (κ3) is 2.70. The Bertz CT molecular complexity index is 801. The largest absolute Gasteiger partial charge is 0.399 e. The van der Waals surface area contributed by atoms with Gasteiger partial charge in [-0.15, -0.1) is 11.3 Å². The van der Waals surface area contributed by atoms with Gasteiger partial charge < -0.3 is 5.73 Å². The minimum absolute atomic E-state index is 0.370. The van der Waals surface area contributed by atoms with E-state index < -0.39 is 10.8 Å². The minimum atomic E-state index is -1.20. The van der Waals surface area contributed by atoms with Crippen LogP contribution in [-0.4, -0.2) is 9.19 Å². The van der Waals surface area contributed by atoms with Crippen LogP contribution in [0.15, 0.2) is 46.8 Å². The third-order valence-electron chi connectivity index (χ3n) is 2.83. The molecule has 1 aromatic heterocycles. The second kappa shape index (κ2) is 5.52. The van der Waals surface area contributed by atoms with Gasteiger partial charge in [0.15, 0.2) is 4.34 Å². The molecule has 102 valence electrons. The van der Waals surface area contributed by atoms with Gasteiger partial charge in [0.2, 0.25) is 0 Å². The standard InChI is InChI=1S/C14H11ClN2OS2/c15-11-4-2-1-3-9(11)8-20(18)14-17-12-6-5-10(16)7-13(12)19-14/h1-7H,8,16H2. The summed E-state index contributed by atoms with van der Waals surface area (Å²) in [5, 5.41) is 0.631. The average Bonchev–Trinajstić information content (AvgIpc) is 2.84. The number of nitrogens with two attached hydrogens (primary N) is 1. The number of nitrogen functional groups attached to an aromatic ring is 1. The molecule has 1 atom stereocenters. The van der Waals surface area contributed by atoms with Crippen molar-refractivity contribution in [1.29, 1.82) is 0 Å². The first-order chi connectivity index (χ1) is 9.63. The molecule has 0 aliphatic carbocycles. The van der Waals surface area contributed by atoms with Crippen LogP contribution in [0.25, 0.3) is 10.2 Å². The summed E-state index contributed by atoms with van der Waals surface area (Å²) >= 11 is 7.50. The van der Waals surface area contributed by atoms with Crippen molar-refractivity contribution < 1.29 is 4.21 Å². The van der Waals surface area contributed by atoms with Crippen LogP contribution >= 0.6 is 22.9 Å². The van der Waals surface area contributed by atoms with Gasteiger partial charge in [0.05, 0.1) is 26.8 Å². The summed E-state index contributed by atoms with van der Waals surface area (Å²) < 4.78 is 13.9. The highest BCUT2D eigenvalue weighted by molar-refractivity contribution is 7.86. The van der Waals surface area contributed by atoms with Crippen molar-refractivity contribution in [1.82, 2.24) is 4.98 Å². The lowest BCUT2D eigenvalue weighted by atomic mass is 10.2. The number of anilines is 1. The zero-order valence-corrected chi connectivity index (χ0v) is 12.8. The van der Waals surface area contributed by atoms with E-state index in [-0.39, 0.29) is 0 Å². The van der Waals surface area contributed by atoms with Crippen molar-refractivity contribution >= 4 is 49.6 Å². The third-order valence-corrected chi connectivity index (χ3v) is 5.88. The van der Waals surface area contributed by atoms with E-state index in [9.17, 15) is 4.21 Å². The molecule has 1 heterocycles. The van der Waals surface area contributed by atoms with Crippen LogP contribution in [0, 0.1) is 0 Å². The zero-order valence-electron chi connectivity index (χ0n) is 10.4. The van der Waals surface area contributed by atoms with E-state index in [1.165, 1.54) is 11.3 Å². The Hall–Kier alpha value is -1.43. The number of halogens is 1. The Kier molecular flexibility index (Phi) is 3.74. The van der Waals surface area contributed by atoms with Crippen LogP contribution in [0.1, 0.15) is 5.56 Å². The topological polar surface area (TPSA) is 56.0 Å². The van der Waals surface area contributed by atoms with Crippen LogP contribution in [0.3, 0.4) is 0 Å². The van der Waals surface area contributed by atoms with E-state index in [0.29, 0.717) is 20.8 Å². The molecule has 0 saturated carbocycles. The second-order valence-electron chi connectivity index (χ2n) is 4.29. The summed E-state index contributed by atoms with van der Waals surface area (Å²) in [5.74, 6) is 0.370. The summed E-state index contributed by atoms with van der Waals surface area (Å²) in [4.78, 5) is 4.40. The van der Waals surface area contributed by atoms with Crippen molar-refractivity contribution in [3.05, 3.63) is 53.1 Å². The first-order valence-electron chi connectivity index (χ1n) is 5.91. The fourth-order valence-electron chi connectivity index (χ4n) is 1.84. The molecule has 0 amide bonds. The molecule has 0 fully saturated rings. The summed E-state index contributed by atoms with van der Waals surface area (Å²) in [5.41, 5.74) is 8.12. The van der Waals surface area contributed by atoms with Crippen LogP contribution in [0.5, 0.6) is 0 Å². The number of benzene rings is 2. The first kappa shape index (κ1) is 13.5. The number of aromatic nitrogens is 1. The zero-order chi connectivity index (χ0) is 14.1. The molecule has 0 spiro atoms. The van der Waals surface area contributed by atoms with Crippen molar-refractivity contribution in [2.45, 2.75) is 10.1 Å². The molecule has 2 aromatic carbocycles. The molecular weight excluding hydrogens is 312 g/mol. The van der Waals surface area contributed by atoms with Crippen molar-refractivity contribution in [3.8, 4) is 0 Å². The lowest BCUT2D eigenvalue weighted by Crippen LogP contribution is -1.96. The SMILES string of the molecule is Nc1ccc2nc(S(=O)Cc3ccccc3Cl)sc2c1. The van der Waals surface area contributed by atoms with Crippen molar-refractivity contribution in [2.75, 3.05) is 5.73 Å². The predicted molar refractivity (Wildman–Crippen MR) is 85.6 cm³/mol. The fourth-order valence-corrected chi connectivity index (χ4v) is 4.54. The van der Waals surface area contributed by atoms with Gasteiger partial charge in [0, 0.05) is 10.7 Å². The summed E-state index contributed by atoms with van der Waals surface area (Å²) in [6, 6.07) is 12.9. The van der Waals surface area contributed by atoms with E-state index in [1.54, 1.807) is 12.1 Å². The Morgan fingerprint density at radius 1 is 1.25 bits per heavy atom. The maximum Gasteiger partial charge on any atom is 0.182 e. The van der Waals surface area contributed by atoms with E-state index in [4.69, 9.17) is 17.3 Å². The lowest BCUT2D eigenvalue weighted by Gasteiger charge is -2.01. The molecule has 3 aromatic rings. The van der Waals surface area contributed by atoms with Gasteiger partial charge in [-0.25, -0.2) is 4.98 Å². The molecule has 0 aliphatic rings. The van der Waals surface area contributed by atoms with Crippen LogP contribution < -0.4 is 5.73 Å². The van der Waals surface area contributed by atoms with Gasteiger partial charge in [-0.1, -0.05) is 29.8 Å². The Morgan fingerprint density at radius 3 is 2.85 bits per heavy atom. The number of nitrogens with zero attached hydrogens (tertiary/aromatic N) is 1. The van der Waals surface area contributed by atoms with E-state index >= 15 is 0 Å². The van der Waals surface area contributed by atoms with Gasteiger partial charge in [-0.3, -0.25) is 4.21 Å². The highest BCUT2D eigenvalue weighted by Crippen LogP contribution is 2.28. The molecule has 0 bridgehead atoms. The molecule has 2 N–H and O–H groups in total. The summed E-state index contributed by atoms with van der Waals surface area (Å²) in [6.07, 6.45) is 0. The molecular formula is C14H11ClN2OS2. The first-order valence-corrected chi connectivity index (χ1v) is 8.42. The van der Waals surface area contributed by atoms with E-state index in [1.807, 2.05) is 30.3 Å². The minimum Gasteiger partial charge on any atom is -0.399 e. The Labute approximate surface area is 127 Å². The van der Waals surface area contributed by atoms with Gasteiger partial charge >= 0.3 is 0 Å². The van der Waals surface area contributed by atoms with Crippen molar-refractivity contribution in [2.24, 2.45) is 0 Å². The van der Waals surface area contributed by atoms with Crippen molar-refractivity contribution in [3.63, 3.8) is 0 Å². The smallest absolute Gasteiger partial charge is 0.182 e. The monoisotopic (exact) mass is 322 g/mol. The maximum atomic E-state index is 12.4. The molecule has 0 radical (unpaired) electrons.